The Morgan fingerprint density at radius 1 is 0.886 bits per heavy atom. The zero-order valence-corrected chi connectivity index (χ0v) is 19.1. The number of aromatic nitrogens is 3. The van der Waals surface area contributed by atoms with Gasteiger partial charge in [-0.15, -0.1) is 0 Å². The molecule has 0 spiro atoms. The predicted molar refractivity (Wildman–Crippen MR) is 128 cm³/mol. The Balaban J connectivity index is 1.48. The number of aliphatic imine (C=N–C) groups is 1. The summed E-state index contributed by atoms with van der Waals surface area (Å²) < 4.78 is 40.5. The van der Waals surface area contributed by atoms with E-state index >= 15 is 0 Å². The van der Waals surface area contributed by atoms with Crippen LogP contribution in [0.2, 0.25) is 0 Å². The van der Waals surface area contributed by atoms with Crippen LogP contribution in [0.3, 0.4) is 0 Å². The van der Waals surface area contributed by atoms with Crippen LogP contribution in [-0.2, 0) is 19.3 Å². The van der Waals surface area contributed by atoms with Crippen LogP contribution in [0.15, 0.2) is 76.8 Å². The third kappa shape index (κ3) is 4.51. The minimum atomic E-state index is -4.54. The van der Waals surface area contributed by atoms with Crippen molar-refractivity contribution in [1.82, 2.24) is 14.5 Å². The van der Waals surface area contributed by atoms with E-state index in [1.54, 1.807) is 13.1 Å². The van der Waals surface area contributed by atoms with Gasteiger partial charge in [0.05, 0.1) is 18.8 Å². The lowest BCUT2D eigenvalue weighted by atomic mass is 9.95. The van der Waals surface area contributed by atoms with Crippen molar-refractivity contribution >= 4 is 5.71 Å². The van der Waals surface area contributed by atoms with Crippen LogP contribution >= 0.6 is 0 Å². The number of halogens is 3. The molecular formula is C27H21F3N4O. The van der Waals surface area contributed by atoms with Crippen molar-refractivity contribution in [3.8, 4) is 11.1 Å². The van der Waals surface area contributed by atoms with Crippen molar-refractivity contribution in [1.29, 1.82) is 0 Å². The van der Waals surface area contributed by atoms with Crippen LogP contribution in [0.1, 0.15) is 39.3 Å². The Bertz CT molecular complexity index is 1540. The fourth-order valence-corrected chi connectivity index (χ4v) is 4.31. The number of benzene rings is 1. The minimum Gasteiger partial charge on any atom is -0.308 e. The van der Waals surface area contributed by atoms with Gasteiger partial charge in [-0.1, -0.05) is 12.1 Å². The number of hydrogen-bond acceptors (Lipinski definition) is 4. The molecule has 3 aromatic heterocycles. The molecule has 8 heteroatoms. The van der Waals surface area contributed by atoms with E-state index < -0.39 is 11.9 Å². The van der Waals surface area contributed by atoms with Crippen LogP contribution in [-0.4, -0.2) is 20.2 Å². The monoisotopic (exact) mass is 474 g/mol. The van der Waals surface area contributed by atoms with Gasteiger partial charge < -0.3 is 4.57 Å². The second-order valence-electron chi connectivity index (χ2n) is 8.58. The highest BCUT2D eigenvalue weighted by molar-refractivity contribution is 6.15. The summed E-state index contributed by atoms with van der Waals surface area (Å²) in [5.74, 6) is 0. The quantitative estimate of drug-likeness (QED) is 0.401. The summed E-state index contributed by atoms with van der Waals surface area (Å²) >= 11 is 0. The summed E-state index contributed by atoms with van der Waals surface area (Å²) in [7, 11) is 0. The molecule has 0 amide bonds. The smallest absolute Gasteiger partial charge is 0.308 e. The zero-order chi connectivity index (χ0) is 24.7. The maximum Gasteiger partial charge on any atom is 0.433 e. The molecular weight excluding hydrogens is 453 g/mol. The van der Waals surface area contributed by atoms with Crippen LogP contribution in [0.25, 0.3) is 11.1 Å². The molecule has 0 aliphatic carbocycles. The van der Waals surface area contributed by atoms with Gasteiger partial charge in [0.15, 0.2) is 0 Å². The van der Waals surface area contributed by atoms with Gasteiger partial charge in [0.2, 0.25) is 0 Å². The van der Waals surface area contributed by atoms with Crippen LogP contribution in [0.5, 0.6) is 0 Å². The maximum atomic E-state index is 13.0. The molecule has 0 unspecified atom stereocenters. The SMILES string of the molecule is Cc1cc(C2=NCc3ccc(-c4cc(C)n(Cc5ccnc(C(F)(F)F)c5)c(=O)c4)cc32)ccn1. The summed E-state index contributed by atoms with van der Waals surface area (Å²) in [5, 5.41) is 0. The second-order valence-corrected chi connectivity index (χ2v) is 8.58. The molecule has 5 nitrogen and oxygen atoms in total. The van der Waals surface area contributed by atoms with Gasteiger partial charge in [0, 0.05) is 41.0 Å². The number of aryl methyl sites for hydroxylation is 2. The van der Waals surface area contributed by atoms with Crippen molar-refractivity contribution in [2.75, 3.05) is 0 Å². The average Bonchev–Trinajstić information content (AvgIpc) is 3.24. The van der Waals surface area contributed by atoms with Gasteiger partial charge in [-0.3, -0.25) is 19.8 Å². The number of rotatable bonds is 4. The normalized spacial score (nSPS) is 13.0. The molecule has 4 aromatic rings. The average molecular weight is 474 g/mol. The molecule has 0 saturated carbocycles. The molecule has 4 heterocycles. The van der Waals surface area contributed by atoms with Gasteiger partial charge in [-0.05, 0) is 72.5 Å². The zero-order valence-electron chi connectivity index (χ0n) is 19.1. The number of alkyl halides is 3. The third-order valence-electron chi connectivity index (χ3n) is 6.07. The number of nitrogens with zero attached hydrogens (tertiary/aromatic N) is 4. The molecule has 0 fully saturated rings. The molecule has 35 heavy (non-hydrogen) atoms. The molecule has 0 bridgehead atoms. The second kappa shape index (κ2) is 8.61. The third-order valence-corrected chi connectivity index (χ3v) is 6.07. The number of fused-ring (bicyclic) bond motifs is 1. The largest absolute Gasteiger partial charge is 0.433 e. The first-order chi connectivity index (χ1) is 16.7. The summed E-state index contributed by atoms with van der Waals surface area (Å²) in [4.78, 5) is 25.3. The fraction of sp³-hybridized carbons (Fsp3) is 0.185. The number of hydrogen-bond donors (Lipinski definition) is 0. The Labute approximate surface area is 199 Å². The molecule has 0 saturated heterocycles. The number of pyridine rings is 3. The fourth-order valence-electron chi connectivity index (χ4n) is 4.31. The summed E-state index contributed by atoms with van der Waals surface area (Å²) in [6.07, 6.45) is -1.66. The minimum absolute atomic E-state index is 0.0267. The van der Waals surface area contributed by atoms with E-state index in [-0.39, 0.29) is 12.1 Å². The highest BCUT2D eigenvalue weighted by Crippen LogP contribution is 2.30. The highest BCUT2D eigenvalue weighted by Gasteiger charge is 2.32. The van der Waals surface area contributed by atoms with Gasteiger partial charge in [0.25, 0.3) is 5.56 Å². The standard InChI is InChI=1S/C27H21F3N4O/c1-16-9-20(6-8-31-16)26-23-12-19(3-4-21(23)14-33-26)22-10-17(2)34(25(35)13-22)15-18-5-7-32-24(11-18)27(28,29)30/h3-13H,14-15H2,1-2H3. The van der Waals surface area contributed by atoms with Crippen molar-refractivity contribution in [3.63, 3.8) is 0 Å². The van der Waals surface area contributed by atoms with E-state index in [0.717, 1.165) is 51.5 Å². The highest BCUT2D eigenvalue weighted by atomic mass is 19.4. The van der Waals surface area contributed by atoms with Crippen molar-refractivity contribution in [3.05, 3.63) is 117 Å². The molecule has 1 aliphatic heterocycles. The van der Waals surface area contributed by atoms with Gasteiger partial charge in [-0.2, -0.15) is 13.2 Å². The Kier molecular flexibility index (Phi) is 5.59. The Hall–Kier alpha value is -4.07. The summed E-state index contributed by atoms with van der Waals surface area (Å²) in [6.45, 7) is 4.33. The molecule has 0 N–H and O–H groups in total. The van der Waals surface area contributed by atoms with E-state index in [2.05, 4.69) is 9.97 Å². The van der Waals surface area contributed by atoms with Crippen LogP contribution in [0, 0.1) is 13.8 Å². The Morgan fingerprint density at radius 2 is 1.69 bits per heavy atom. The molecule has 5 rings (SSSR count). The van der Waals surface area contributed by atoms with Crippen molar-refractivity contribution < 1.29 is 13.2 Å². The molecule has 0 radical (unpaired) electrons. The van der Waals surface area contributed by atoms with Gasteiger partial charge in [0.1, 0.15) is 5.69 Å². The lowest BCUT2D eigenvalue weighted by molar-refractivity contribution is -0.141. The topological polar surface area (TPSA) is 60.1 Å². The molecule has 1 aromatic carbocycles. The molecule has 0 atom stereocenters. The van der Waals surface area contributed by atoms with Crippen molar-refractivity contribution in [2.24, 2.45) is 4.99 Å². The molecule has 1 aliphatic rings. The van der Waals surface area contributed by atoms with E-state index in [1.165, 1.54) is 16.7 Å². The summed E-state index contributed by atoms with van der Waals surface area (Å²) in [5.41, 5.74) is 6.30. The summed E-state index contributed by atoms with van der Waals surface area (Å²) in [6, 6.07) is 15.8. The van der Waals surface area contributed by atoms with E-state index in [0.29, 0.717) is 17.8 Å². The molecule has 176 valence electrons. The van der Waals surface area contributed by atoms with E-state index in [4.69, 9.17) is 4.99 Å². The van der Waals surface area contributed by atoms with E-state index in [1.807, 2.05) is 43.3 Å². The predicted octanol–water partition coefficient (Wildman–Crippen LogP) is 5.34. The first-order valence-electron chi connectivity index (χ1n) is 11.0. The van der Waals surface area contributed by atoms with E-state index in [9.17, 15) is 18.0 Å². The first-order valence-corrected chi connectivity index (χ1v) is 11.0. The maximum absolute atomic E-state index is 13.0. The lowest BCUT2D eigenvalue weighted by Gasteiger charge is -2.14. The van der Waals surface area contributed by atoms with Gasteiger partial charge in [-0.25, -0.2) is 0 Å². The van der Waals surface area contributed by atoms with Crippen molar-refractivity contribution in [2.45, 2.75) is 33.1 Å². The Morgan fingerprint density at radius 3 is 2.43 bits per heavy atom. The lowest BCUT2D eigenvalue weighted by Crippen LogP contribution is -2.22. The van der Waals surface area contributed by atoms with Gasteiger partial charge >= 0.3 is 6.18 Å². The first kappa shape index (κ1) is 22.7. The van der Waals surface area contributed by atoms with Crippen LogP contribution < -0.4 is 5.56 Å². The van der Waals surface area contributed by atoms with Crippen LogP contribution in [0.4, 0.5) is 13.2 Å².